The first-order chi connectivity index (χ1) is 8.95. The van der Waals surface area contributed by atoms with E-state index in [4.69, 9.17) is 0 Å². The summed E-state index contributed by atoms with van der Waals surface area (Å²) in [6.45, 7) is 0. The van der Waals surface area contributed by atoms with Crippen molar-refractivity contribution in [3.05, 3.63) is 38.4 Å². The zero-order chi connectivity index (χ0) is 15.7. The van der Waals surface area contributed by atoms with Crippen LogP contribution in [0.4, 0.5) is 24.5 Å². The Labute approximate surface area is 108 Å². The smallest absolute Gasteiger partial charge is 0.368 e. The van der Waals surface area contributed by atoms with Crippen molar-refractivity contribution in [2.75, 3.05) is 0 Å². The Morgan fingerprint density at radius 3 is 2.05 bits per heavy atom. The van der Waals surface area contributed by atoms with Crippen molar-refractivity contribution in [1.29, 1.82) is 0 Å². The van der Waals surface area contributed by atoms with Gasteiger partial charge in [0.25, 0.3) is 5.69 Å². The summed E-state index contributed by atoms with van der Waals surface area (Å²) in [7, 11) is -6.18. The molecule has 0 radical (unpaired) electrons. The van der Waals surface area contributed by atoms with E-state index in [1.807, 2.05) is 0 Å². The van der Waals surface area contributed by atoms with Crippen LogP contribution in [0.3, 0.4) is 0 Å². The fourth-order valence-electron chi connectivity index (χ4n) is 0.999. The number of benzene rings is 1. The topological polar surface area (TPSA) is 130 Å². The van der Waals surface area contributed by atoms with Crippen LogP contribution in [0.5, 0.6) is 5.75 Å². The third-order valence-corrected chi connectivity index (χ3v) is 2.80. The molecule has 13 heteroatoms. The van der Waals surface area contributed by atoms with E-state index in [-0.39, 0.29) is 6.07 Å². The van der Waals surface area contributed by atoms with Gasteiger partial charge in [0.15, 0.2) is 0 Å². The quantitative estimate of drug-likeness (QED) is 0.358. The molecule has 0 fully saturated rings. The lowest BCUT2D eigenvalue weighted by atomic mass is 10.2. The second-order valence-electron chi connectivity index (χ2n) is 3.15. The van der Waals surface area contributed by atoms with Crippen LogP contribution in [0.15, 0.2) is 18.2 Å². The zero-order valence-electron chi connectivity index (χ0n) is 9.03. The van der Waals surface area contributed by atoms with Crippen LogP contribution in [-0.4, -0.2) is 23.8 Å². The zero-order valence-corrected chi connectivity index (χ0v) is 9.84. The molecular weight excluding hydrogens is 313 g/mol. The van der Waals surface area contributed by atoms with Gasteiger partial charge in [-0.3, -0.25) is 20.2 Å². The van der Waals surface area contributed by atoms with Crippen LogP contribution in [0.1, 0.15) is 0 Å². The molecule has 0 atom stereocenters. The molecule has 0 saturated heterocycles. The van der Waals surface area contributed by atoms with Gasteiger partial charge >= 0.3 is 21.3 Å². The minimum Gasteiger partial charge on any atom is -0.368 e. The number of nitro groups is 2. The summed E-state index contributed by atoms with van der Waals surface area (Å²) in [5, 5.41) is 20.9. The Hall–Kier alpha value is -2.44. The molecule has 1 aromatic rings. The molecule has 1 rings (SSSR count). The Kier molecular flexibility index (Phi) is 3.84. The number of non-ortho nitro benzene ring substituents is 1. The molecule has 0 aliphatic rings. The predicted molar refractivity (Wildman–Crippen MR) is 55.4 cm³/mol. The van der Waals surface area contributed by atoms with E-state index < -0.39 is 42.6 Å². The lowest BCUT2D eigenvalue weighted by Gasteiger charge is -2.09. The SMILES string of the molecule is O=[N+]([O-])c1ccc([N+](=O)[O-])c(OS(=O)(=O)C(F)(F)F)c1. The van der Waals surface area contributed by atoms with Crippen LogP contribution in [0.25, 0.3) is 0 Å². The fraction of sp³-hybridized carbons (Fsp3) is 0.143. The molecule has 0 aliphatic heterocycles. The van der Waals surface area contributed by atoms with Crippen LogP contribution in [0, 0.1) is 20.2 Å². The first kappa shape index (κ1) is 15.6. The number of nitrogens with zero attached hydrogens (tertiary/aromatic N) is 2. The molecule has 9 nitrogen and oxygen atoms in total. The van der Waals surface area contributed by atoms with Crippen LogP contribution in [-0.2, 0) is 10.1 Å². The third kappa shape index (κ3) is 3.11. The van der Waals surface area contributed by atoms with Gasteiger partial charge in [0.2, 0.25) is 5.75 Å². The Balaban J connectivity index is 3.39. The summed E-state index contributed by atoms with van der Waals surface area (Å²) in [6.07, 6.45) is 0. The molecule has 0 aliphatic carbocycles. The van der Waals surface area contributed by atoms with Crippen molar-refractivity contribution in [2.24, 2.45) is 0 Å². The first-order valence-electron chi connectivity index (χ1n) is 4.39. The average molecular weight is 316 g/mol. The maximum absolute atomic E-state index is 12.1. The average Bonchev–Trinajstić information content (AvgIpc) is 2.26. The molecule has 0 saturated carbocycles. The van der Waals surface area contributed by atoms with Gasteiger partial charge in [0.1, 0.15) is 0 Å². The highest BCUT2D eigenvalue weighted by Gasteiger charge is 2.49. The summed E-state index contributed by atoms with van der Waals surface area (Å²) in [6, 6.07) is 1.28. The predicted octanol–water partition coefficient (Wildman–Crippen LogP) is 1.73. The van der Waals surface area contributed by atoms with E-state index >= 15 is 0 Å². The van der Waals surface area contributed by atoms with Crippen molar-refractivity contribution in [2.45, 2.75) is 5.51 Å². The van der Waals surface area contributed by atoms with E-state index in [0.29, 0.717) is 12.1 Å². The summed E-state index contributed by atoms with van der Waals surface area (Å²) < 4.78 is 61.3. The van der Waals surface area contributed by atoms with Crippen LogP contribution >= 0.6 is 0 Å². The second kappa shape index (κ2) is 4.92. The fourth-order valence-corrected chi connectivity index (χ4v) is 1.46. The minimum absolute atomic E-state index is 0.210. The highest BCUT2D eigenvalue weighted by atomic mass is 32.2. The normalized spacial score (nSPS) is 11.9. The van der Waals surface area contributed by atoms with Gasteiger partial charge in [-0.25, -0.2) is 0 Å². The van der Waals surface area contributed by atoms with Gasteiger partial charge in [-0.05, 0) is 0 Å². The first-order valence-corrected chi connectivity index (χ1v) is 5.80. The molecule has 0 heterocycles. The Morgan fingerprint density at radius 2 is 1.65 bits per heavy atom. The molecule has 20 heavy (non-hydrogen) atoms. The van der Waals surface area contributed by atoms with Gasteiger partial charge in [0, 0.05) is 12.1 Å². The summed E-state index contributed by atoms with van der Waals surface area (Å²) in [5.41, 5.74) is -7.86. The second-order valence-corrected chi connectivity index (χ2v) is 4.69. The summed E-state index contributed by atoms with van der Waals surface area (Å²) >= 11 is 0. The van der Waals surface area contributed by atoms with Crippen LogP contribution < -0.4 is 4.18 Å². The maximum Gasteiger partial charge on any atom is 0.534 e. The number of hydrogen-bond acceptors (Lipinski definition) is 7. The maximum atomic E-state index is 12.1. The Morgan fingerprint density at radius 1 is 1.10 bits per heavy atom. The van der Waals surface area contributed by atoms with Gasteiger partial charge < -0.3 is 4.18 Å². The number of rotatable bonds is 4. The van der Waals surface area contributed by atoms with Gasteiger partial charge in [0.05, 0.1) is 15.9 Å². The summed E-state index contributed by atoms with van der Waals surface area (Å²) in [4.78, 5) is 18.6. The molecular formula is C7H3F3N2O7S. The largest absolute Gasteiger partial charge is 0.534 e. The number of alkyl halides is 3. The lowest BCUT2D eigenvalue weighted by Crippen LogP contribution is -2.28. The van der Waals surface area contributed by atoms with Crippen molar-refractivity contribution in [3.8, 4) is 5.75 Å². The van der Waals surface area contributed by atoms with Gasteiger partial charge in [-0.2, -0.15) is 21.6 Å². The highest BCUT2D eigenvalue weighted by molar-refractivity contribution is 7.88. The molecule has 0 bridgehead atoms. The molecule has 0 N–H and O–H groups in total. The molecule has 1 aromatic carbocycles. The standard InChI is InChI=1S/C7H3F3N2O7S/c8-7(9,10)20(17,18)19-6-3-4(11(13)14)1-2-5(6)12(15)16/h1-3H. The third-order valence-electron chi connectivity index (χ3n) is 1.83. The molecule has 0 spiro atoms. The summed E-state index contributed by atoms with van der Waals surface area (Å²) in [5.74, 6) is -1.40. The van der Waals surface area contributed by atoms with Crippen molar-refractivity contribution in [1.82, 2.24) is 0 Å². The van der Waals surface area contributed by atoms with Crippen molar-refractivity contribution < 1.29 is 35.6 Å². The van der Waals surface area contributed by atoms with E-state index in [1.54, 1.807) is 0 Å². The van der Waals surface area contributed by atoms with E-state index in [1.165, 1.54) is 0 Å². The highest BCUT2D eigenvalue weighted by Crippen LogP contribution is 2.35. The lowest BCUT2D eigenvalue weighted by molar-refractivity contribution is -0.389. The monoisotopic (exact) mass is 316 g/mol. The van der Waals surface area contributed by atoms with Crippen molar-refractivity contribution >= 4 is 21.5 Å². The molecule has 0 unspecified atom stereocenters. The molecule has 0 aromatic heterocycles. The van der Waals surface area contributed by atoms with Gasteiger partial charge in [-0.15, -0.1) is 0 Å². The molecule has 110 valence electrons. The van der Waals surface area contributed by atoms with E-state index in [9.17, 15) is 41.8 Å². The van der Waals surface area contributed by atoms with E-state index in [0.717, 1.165) is 0 Å². The number of halogens is 3. The van der Waals surface area contributed by atoms with Crippen molar-refractivity contribution in [3.63, 3.8) is 0 Å². The van der Waals surface area contributed by atoms with Gasteiger partial charge in [-0.1, -0.05) is 0 Å². The minimum atomic E-state index is -6.18. The molecule has 0 amide bonds. The Bertz CT molecular complexity index is 669. The van der Waals surface area contributed by atoms with Crippen LogP contribution in [0.2, 0.25) is 0 Å². The van der Waals surface area contributed by atoms with E-state index in [2.05, 4.69) is 4.18 Å². The number of nitro benzene ring substituents is 2. The number of hydrogen-bond donors (Lipinski definition) is 0.